The van der Waals surface area contributed by atoms with E-state index in [2.05, 4.69) is 76.7 Å². The van der Waals surface area contributed by atoms with Crippen LogP contribution in [0.15, 0.2) is 43.0 Å². The summed E-state index contributed by atoms with van der Waals surface area (Å²) in [5.74, 6) is 0.0105. The molecule has 3 aromatic rings. The highest BCUT2D eigenvalue weighted by Crippen LogP contribution is 2.40. The van der Waals surface area contributed by atoms with Crippen molar-refractivity contribution in [3.05, 3.63) is 48.5 Å². The molecule has 182 valence electrons. The molecule has 0 aliphatic carbocycles. The lowest BCUT2D eigenvalue weighted by molar-refractivity contribution is -0.0470. The summed E-state index contributed by atoms with van der Waals surface area (Å²) in [6, 6.07) is 8.88. The Balaban J connectivity index is 1.54. The van der Waals surface area contributed by atoms with Crippen LogP contribution in [-0.4, -0.2) is 61.6 Å². The maximum Gasteiger partial charge on any atom is 0.256 e. The quantitative estimate of drug-likeness (QED) is 0.250. The highest BCUT2D eigenvalue weighted by Gasteiger charge is 2.46. The van der Waals surface area contributed by atoms with Gasteiger partial charge in [0.2, 0.25) is 0 Å². The van der Waals surface area contributed by atoms with Gasteiger partial charge >= 0.3 is 0 Å². The standard InChI is InChI=1S/C23H30IN5O4Si/c1-23(2,3)34(4,5)32-11-15-16(24)18(30)22(33-15)29-13-27-17-19(25-12-26-20(17)29)28-21(31)14-9-7-6-8-10-14/h6-10,12-13,15-16,18,22,30H,11H2,1-5H3,(H,25,26,28,31)/t15-,16+,18-,22-/m1/s1. The first-order valence-electron chi connectivity index (χ1n) is 11.1. The average molecular weight is 596 g/mol. The number of nitrogens with one attached hydrogen (secondary N) is 1. The molecule has 1 fully saturated rings. The highest BCUT2D eigenvalue weighted by atomic mass is 127. The second kappa shape index (κ2) is 9.61. The Morgan fingerprint density at radius 2 is 1.94 bits per heavy atom. The van der Waals surface area contributed by atoms with Gasteiger partial charge in [-0.25, -0.2) is 15.0 Å². The van der Waals surface area contributed by atoms with E-state index in [0.29, 0.717) is 29.2 Å². The van der Waals surface area contributed by atoms with Crippen molar-refractivity contribution in [2.24, 2.45) is 0 Å². The number of anilines is 1. The number of nitrogens with zero attached hydrogens (tertiary/aromatic N) is 4. The summed E-state index contributed by atoms with van der Waals surface area (Å²) in [7, 11) is -1.95. The van der Waals surface area contributed by atoms with E-state index in [0.717, 1.165) is 0 Å². The summed E-state index contributed by atoms with van der Waals surface area (Å²) in [5.41, 5.74) is 1.41. The minimum Gasteiger partial charge on any atom is -0.414 e. The predicted molar refractivity (Wildman–Crippen MR) is 141 cm³/mol. The van der Waals surface area contributed by atoms with Gasteiger partial charge in [0, 0.05) is 5.56 Å². The number of rotatable bonds is 6. The van der Waals surface area contributed by atoms with Gasteiger partial charge in [-0.2, -0.15) is 0 Å². The van der Waals surface area contributed by atoms with Crippen LogP contribution in [0, 0.1) is 0 Å². The number of fused-ring (bicyclic) bond motifs is 1. The van der Waals surface area contributed by atoms with Crippen LogP contribution in [0.4, 0.5) is 5.82 Å². The second-order valence-corrected chi connectivity index (χ2v) is 16.2. The molecule has 2 N–H and O–H groups in total. The average Bonchev–Trinajstić information content (AvgIpc) is 3.34. The molecule has 4 atom stereocenters. The highest BCUT2D eigenvalue weighted by molar-refractivity contribution is 14.1. The van der Waals surface area contributed by atoms with Crippen molar-refractivity contribution in [1.82, 2.24) is 19.5 Å². The third-order valence-electron chi connectivity index (χ3n) is 6.60. The number of hydrogen-bond donors (Lipinski definition) is 2. The van der Waals surface area contributed by atoms with Gasteiger partial charge in [0.25, 0.3) is 5.91 Å². The molecule has 34 heavy (non-hydrogen) atoms. The van der Waals surface area contributed by atoms with Crippen molar-refractivity contribution in [3.8, 4) is 0 Å². The number of aliphatic hydroxyl groups is 1. The van der Waals surface area contributed by atoms with Crippen molar-refractivity contribution in [2.75, 3.05) is 11.9 Å². The van der Waals surface area contributed by atoms with Crippen molar-refractivity contribution >= 4 is 53.8 Å². The Morgan fingerprint density at radius 3 is 2.62 bits per heavy atom. The summed E-state index contributed by atoms with van der Waals surface area (Å²) in [4.78, 5) is 25.6. The van der Waals surface area contributed by atoms with Crippen LogP contribution >= 0.6 is 22.6 Å². The lowest BCUT2D eigenvalue weighted by atomic mass is 10.2. The molecule has 0 unspecified atom stereocenters. The lowest BCUT2D eigenvalue weighted by Crippen LogP contribution is -2.43. The normalized spacial score (nSPS) is 23.4. The Bertz CT molecular complexity index is 1170. The topological polar surface area (TPSA) is 111 Å². The van der Waals surface area contributed by atoms with E-state index < -0.39 is 20.6 Å². The third-order valence-corrected chi connectivity index (χ3v) is 12.6. The number of carbonyl (C=O) groups excluding carboxylic acids is 1. The van der Waals surface area contributed by atoms with Crippen LogP contribution in [0.2, 0.25) is 18.1 Å². The molecule has 0 radical (unpaired) electrons. The van der Waals surface area contributed by atoms with E-state index in [1.807, 2.05) is 6.07 Å². The van der Waals surface area contributed by atoms with E-state index in [9.17, 15) is 9.90 Å². The molecule has 0 saturated carbocycles. The van der Waals surface area contributed by atoms with E-state index in [4.69, 9.17) is 9.16 Å². The Kier molecular flexibility index (Phi) is 7.11. The maximum atomic E-state index is 12.6. The van der Waals surface area contributed by atoms with Crippen LogP contribution in [0.25, 0.3) is 11.2 Å². The smallest absolute Gasteiger partial charge is 0.256 e. The molecule has 1 saturated heterocycles. The van der Waals surface area contributed by atoms with Gasteiger partial charge in [0.1, 0.15) is 12.4 Å². The van der Waals surface area contributed by atoms with Gasteiger partial charge in [0.05, 0.1) is 23.0 Å². The minimum absolute atomic E-state index is 0.0858. The zero-order chi connectivity index (χ0) is 24.7. The molecule has 2 aromatic heterocycles. The number of imidazole rings is 1. The second-order valence-electron chi connectivity index (χ2n) is 9.94. The van der Waals surface area contributed by atoms with E-state index >= 15 is 0 Å². The Morgan fingerprint density at radius 1 is 1.24 bits per heavy atom. The Labute approximate surface area is 213 Å². The largest absolute Gasteiger partial charge is 0.414 e. The molecule has 4 rings (SSSR count). The lowest BCUT2D eigenvalue weighted by Gasteiger charge is -2.37. The van der Waals surface area contributed by atoms with Crippen molar-refractivity contribution in [1.29, 1.82) is 0 Å². The molecular formula is C23H30IN5O4Si. The molecule has 1 aromatic carbocycles. The number of hydrogen-bond acceptors (Lipinski definition) is 7. The van der Waals surface area contributed by atoms with Crippen molar-refractivity contribution in [2.45, 2.75) is 61.3 Å². The summed E-state index contributed by atoms with van der Waals surface area (Å²) >= 11 is 2.22. The molecule has 9 nitrogen and oxygen atoms in total. The molecule has 11 heteroatoms. The summed E-state index contributed by atoms with van der Waals surface area (Å²) in [6.45, 7) is 11.4. The molecule has 0 bridgehead atoms. The molecule has 1 aliphatic heterocycles. The van der Waals surface area contributed by atoms with Crippen LogP contribution < -0.4 is 5.32 Å². The number of aromatic nitrogens is 4. The third kappa shape index (κ3) is 4.89. The van der Waals surface area contributed by atoms with E-state index in [1.165, 1.54) is 6.33 Å². The predicted octanol–water partition coefficient (Wildman–Crippen LogP) is 4.16. The van der Waals surface area contributed by atoms with Crippen molar-refractivity contribution < 1.29 is 19.1 Å². The zero-order valence-corrected chi connectivity index (χ0v) is 23.1. The molecule has 3 heterocycles. The fraction of sp³-hybridized carbons (Fsp3) is 0.478. The number of halogens is 1. The number of carbonyl (C=O) groups is 1. The monoisotopic (exact) mass is 595 g/mol. The Hall–Kier alpha value is -1.93. The van der Waals surface area contributed by atoms with Gasteiger partial charge in [-0.1, -0.05) is 61.6 Å². The van der Waals surface area contributed by atoms with Crippen LogP contribution in [0.3, 0.4) is 0 Å². The number of amides is 1. The first-order valence-corrected chi connectivity index (χ1v) is 15.3. The zero-order valence-electron chi connectivity index (χ0n) is 19.9. The fourth-order valence-corrected chi connectivity index (χ4v) is 5.23. The SMILES string of the molecule is CC(C)(C)[Si](C)(C)OC[C@H]1O[C@@H](n2cnc3c(NC(=O)c4ccccc4)ncnc32)[C@H](O)[C@H]1I. The molecule has 0 spiro atoms. The summed E-state index contributed by atoms with van der Waals surface area (Å²) in [5, 5.41) is 13.9. The molecule has 1 aliphatic rings. The summed E-state index contributed by atoms with van der Waals surface area (Å²) in [6.07, 6.45) is 1.20. The van der Waals surface area contributed by atoms with Crippen LogP contribution in [0.5, 0.6) is 0 Å². The van der Waals surface area contributed by atoms with Gasteiger partial charge in [-0.3, -0.25) is 9.36 Å². The maximum absolute atomic E-state index is 12.6. The van der Waals surface area contributed by atoms with Crippen LogP contribution in [-0.2, 0) is 9.16 Å². The fourth-order valence-electron chi connectivity index (χ4n) is 3.48. The van der Waals surface area contributed by atoms with Crippen molar-refractivity contribution in [3.63, 3.8) is 0 Å². The minimum atomic E-state index is -1.95. The van der Waals surface area contributed by atoms with E-state index in [-0.39, 0.29) is 21.0 Å². The number of ether oxygens (including phenoxy) is 1. The van der Waals surface area contributed by atoms with Gasteiger partial charge in [0.15, 0.2) is 31.5 Å². The first kappa shape index (κ1) is 25.2. The first-order chi connectivity index (χ1) is 16.0. The summed E-state index contributed by atoms with van der Waals surface area (Å²) < 4.78 is 14.1. The van der Waals surface area contributed by atoms with E-state index in [1.54, 1.807) is 35.2 Å². The molecule has 1 amide bonds. The number of benzene rings is 1. The van der Waals surface area contributed by atoms with Gasteiger partial charge < -0.3 is 19.6 Å². The van der Waals surface area contributed by atoms with Crippen LogP contribution in [0.1, 0.15) is 37.4 Å². The number of aliphatic hydroxyl groups excluding tert-OH is 1. The number of alkyl halides is 1. The van der Waals surface area contributed by atoms with Gasteiger partial charge in [-0.05, 0) is 30.3 Å². The molecular weight excluding hydrogens is 565 g/mol. The van der Waals surface area contributed by atoms with Gasteiger partial charge in [-0.15, -0.1) is 0 Å².